The van der Waals surface area contributed by atoms with Gasteiger partial charge < -0.3 is 15.3 Å². The fraction of sp³-hybridized carbons (Fsp3) is 0.233. The van der Waals surface area contributed by atoms with Gasteiger partial charge in [-0.05, 0) is 65.9 Å². The molecule has 4 rings (SSSR count). The number of hydrogen-bond donors (Lipinski definition) is 3. The van der Waals surface area contributed by atoms with Crippen molar-refractivity contribution in [2.24, 2.45) is 0 Å². The fourth-order valence-corrected chi connectivity index (χ4v) is 4.54. The second kappa shape index (κ2) is 10.7. The summed E-state index contributed by atoms with van der Waals surface area (Å²) in [6.07, 6.45) is -2.66. The highest BCUT2D eigenvalue weighted by Gasteiger charge is 2.31. The maximum absolute atomic E-state index is 13.8. The van der Waals surface area contributed by atoms with Crippen LogP contribution in [-0.4, -0.2) is 20.3 Å². The van der Waals surface area contributed by atoms with E-state index in [0.717, 1.165) is 5.56 Å². The first-order valence-corrected chi connectivity index (χ1v) is 11.8. The van der Waals surface area contributed by atoms with Crippen LogP contribution in [0.5, 0.6) is 0 Å². The highest BCUT2D eigenvalue weighted by molar-refractivity contribution is 5.80. The SMILES string of the molecule is Cc1cccc(C(O)C(O)c2c(C(C)C)nc(-c3ccc(F)cc3)c(CO)c2-c2ccc(F)cc2)c1. The van der Waals surface area contributed by atoms with E-state index in [1.165, 1.54) is 24.3 Å². The van der Waals surface area contributed by atoms with Crippen molar-refractivity contribution in [3.05, 3.63) is 112 Å². The molecule has 2 atom stereocenters. The second-order valence-corrected chi connectivity index (χ2v) is 9.24. The third-order valence-corrected chi connectivity index (χ3v) is 6.30. The van der Waals surface area contributed by atoms with Gasteiger partial charge in [0.2, 0.25) is 0 Å². The number of aliphatic hydroxyl groups excluding tert-OH is 3. The zero-order valence-electron chi connectivity index (χ0n) is 20.4. The molecule has 2 unspecified atom stereocenters. The van der Waals surface area contributed by atoms with E-state index in [1.807, 2.05) is 26.8 Å². The minimum absolute atomic E-state index is 0.175. The Kier molecular flexibility index (Phi) is 7.59. The number of rotatable bonds is 7. The van der Waals surface area contributed by atoms with Gasteiger partial charge in [-0.3, -0.25) is 4.98 Å². The predicted octanol–water partition coefficient (Wildman–Crippen LogP) is 6.38. The van der Waals surface area contributed by atoms with E-state index >= 15 is 0 Å². The van der Waals surface area contributed by atoms with Crippen LogP contribution in [-0.2, 0) is 6.61 Å². The molecule has 0 aliphatic carbocycles. The van der Waals surface area contributed by atoms with Gasteiger partial charge in [-0.25, -0.2) is 8.78 Å². The standard InChI is InChI=1S/C30H29F2NO3/c1-17(2)27-26(30(36)29(35)21-6-4-5-18(3)15-21)25(19-7-11-22(31)12-8-19)24(16-34)28(33-27)20-9-13-23(32)14-10-20/h4-15,17,29-30,34-36H,16H2,1-3H3. The first kappa shape index (κ1) is 25.6. The normalized spacial score (nSPS) is 13.1. The molecule has 0 saturated carbocycles. The van der Waals surface area contributed by atoms with Gasteiger partial charge in [0.1, 0.15) is 23.8 Å². The summed E-state index contributed by atoms with van der Waals surface area (Å²) in [5.41, 5.74) is 4.78. The van der Waals surface area contributed by atoms with Gasteiger partial charge in [0.05, 0.1) is 18.0 Å². The molecule has 0 bridgehead atoms. The van der Waals surface area contributed by atoms with Crippen molar-refractivity contribution < 1.29 is 24.1 Å². The molecule has 0 aliphatic rings. The Hall–Kier alpha value is -3.45. The van der Waals surface area contributed by atoms with Crippen molar-refractivity contribution in [3.63, 3.8) is 0 Å². The van der Waals surface area contributed by atoms with E-state index in [4.69, 9.17) is 4.98 Å². The minimum Gasteiger partial charge on any atom is -0.392 e. The van der Waals surface area contributed by atoms with E-state index in [2.05, 4.69) is 0 Å². The Balaban J connectivity index is 2.04. The molecule has 186 valence electrons. The topological polar surface area (TPSA) is 73.6 Å². The van der Waals surface area contributed by atoms with Crippen molar-refractivity contribution in [1.29, 1.82) is 0 Å². The number of aliphatic hydroxyl groups is 3. The van der Waals surface area contributed by atoms with Crippen molar-refractivity contribution in [2.75, 3.05) is 0 Å². The Morgan fingerprint density at radius 3 is 1.92 bits per heavy atom. The number of pyridine rings is 1. The average Bonchev–Trinajstić information content (AvgIpc) is 2.87. The molecule has 0 radical (unpaired) electrons. The summed E-state index contributed by atoms with van der Waals surface area (Å²) < 4.78 is 27.5. The van der Waals surface area contributed by atoms with E-state index in [-0.39, 0.29) is 5.92 Å². The molecule has 0 aliphatic heterocycles. The van der Waals surface area contributed by atoms with Gasteiger partial charge in [0.15, 0.2) is 0 Å². The molecule has 0 saturated heterocycles. The Morgan fingerprint density at radius 1 is 0.806 bits per heavy atom. The van der Waals surface area contributed by atoms with Crippen LogP contribution in [0.1, 0.15) is 59.9 Å². The van der Waals surface area contributed by atoms with Crippen LogP contribution < -0.4 is 0 Å². The molecule has 4 nitrogen and oxygen atoms in total. The number of halogens is 2. The zero-order valence-corrected chi connectivity index (χ0v) is 20.4. The predicted molar refractivity (Wildman–Crippen MR) is 136 cm³/mol. The summed E-state index contributed by atoms with van der Waals surface area (Å²) in [5.74, 6) is -1.01. The first-order valence-electron chi connectivity index (χ1n) is 11.8. The second-order valence-electron chi connectivity index (χ2n) is 9.24. The maximum Gasteiger partial charge on any atom is 0.123 e. The average molecular weight is 490 g/mol. The molecule has 1 heterocycles. The van der Waals surface area contributed by atoms with Gasteiger partial charge in [0.25, 0.3) is 0 Å². The van der Waals surface area contributed by atoms with Crippen LogP contribution in [0.25, 0.3) is 22.4 Å². The summed E-state index contributed by atoms with van der Waals surface area (Å²) in [6.45, 7) is 5.29. The summed E-state index contributed by atoms with van der Waals surface area (Å²) in [5, 5.41) is 33.3. The van der Waals surface area contributed by atoms with E-state index in [0.29, 0.717) is 44.8 Å². The Bertz CT molecular complexity index is 1350. The lowest BCUT2D eigenvalue weighted by Crippen LogP contribution is -2.18. The largest absolute Gasteiger partial charge is 0.392 e. The van der Waals surface area contributed by atoms with Crippen LogP contribution in [0.15, 0.2) is 72.8 Å². The highest BCUT2D eigenvalue weighted by Crippen LogP contribution is 2.44. The monoisotopic (exact) mass is 489 g/mol. The van der Waals surface area contributed by atoms with Crippen LogP contribution in [0.2, 0.25) is 0 Å². The first-order chi connectivity index (χ1) is 17.2. The molecule has 1 aromatic heterocycles. The molecule has 6 heteroatoms. The summed E-state index contributed by atoms with van der Waals surface area (Å²) in [7, 11) is 0. The van der Waals surface area contributed by atoms with Gasteiger partial charge in [-0.1, -0.05) is 55.8 Å². The van der Waals surface area contributed by atoms with Crippen molar-refractivity contribution in [1.82, 2.24) is 4.98 Å². The lowest BCUT2D eigenvalue weighted by molar-refractivity contribution is 0.0166. The van der Waals surface area contributed by atoms with Crippen LogP contribution >= 0.6 is 0 Å². The van der Waals surface area contributed by atoms with Gasteiger partial charge >= 0.3 is 0 Å². The molecular weight excluding hydrogens is 460 g/mol. The summed E-state index contributed by atoms with van der Waals surface area (Å²) in [6, 6.07) is 18.8. The molecule has 36 heavy (non-hydrogen) atoms. The van der Waals surface area contributed by atoms with Gasteiger partial charge in [-0.2, -0.15) is 0 Å². The van der Waals surface area contributed by atoms with Crippen LogP contribution in [0.3, 0.4) is 0 Å². The summed E-state index contributed by atoms with van der Waals surface area (Å²) in [4.78, 5) is 4.83. The van der Waals surface area contributed by atoms with Crippen molar-refractivity contribution >= 4 is 0 Å². The molecule has 4 aromatic rings. The molecule has 0 fully saturated rings. The van der Waals surface area contributed by atoms with Gasteiger partial charge in [0, 0.05) is 16.7 Å². The number of nitrogens with zero attached hydrogens (tertiary/aromatic N) is 1. The van der Waals surface area contributed by atoms with Crippen LogP contribution in [0, 0.1) is 18.6 Å². The highest BCUT2D eigenvalue weighted by atomic mass is 19.1. The molecule has 0 spiro atoms. The number of aromatic nitrogens is 1. The number of aryl methyl sites for hydroxylation is 1. The molecule has 0 amide bonds. The smallest absolute Gasteiger partial charge is 0.123 e. The number of benzene rings is 3. The van der Waals surface area contributed by atoms with E-state index in [1.54, 1.807) is 42.5 Å². The van der Waals surface area contributed by atoms with E-state index in [9.17, 15) is 24.1 Å². The van der Waals surface area contributed by atoms with Gasteiger partial charge in [-0.15, -0.1) is 0 Å². The Morgan fingerprint density at radius 2 is 1.39 bits per heavy atom. The van der Waals surface area contributed by atoms with Crippen LogP contribution in [0.4, 0.5) is 8.78 Å². The lowest BCUT2D eigenvalue weighted by Gasteiger charge is -2.28. The van der Waals surface area contributed by atoms with Crippen molar-refractivity contribution in [3.8, 4) is 22.4 Å². The minimum atomic E-state index is -1.38. The quantitative estimate of drug-likeness (QED) is 0.281. The summed E-state index contributed by atoms with van der Waals surface area (Å²) >= 11 is 0. The fourth-order valence-electron chi connectivity index (χ4n) is 4.54. The third kappa shape index (κ3) is 5.07. The molecule has 3 N–H and O–H groups in total. The molecular formula is C30H29F2NO3. The zero-order chi connectivity index (χ0) is 26.0. The lowest BCUT2D eigenvalue weighted by atomic mass is 9.83. The van der Waals surface area contributed by atoms with E-state index < -0.39 is 30.4 Å². The third-order valence-electron chi connectivity index (χ3n) is 6.30. The maximum atomic E-state index is 13.8. The van der Waals surface area contributed by atoms with Crippen molar-refractivity contribution in [2.45, 2.75) is 45.5 Å². The molecule has 3 aromatic carbocycles. The Labute approximate surface area is 209 Å². The number of hydrogen-bond acceptors (Lipinski definition) is 4.